The molecule has 0 saturated carbocycles. The highest BCUT2D eigenvalue weighted by atomic mass is 16.5. The Hall–Kier alpha value is -3.34. The number of nitrogens with zero attached hydrogens (tertiary/aromatic N) is 4. The molecule has 0 bridgehead atoms. The summed E-state index contributed by atoms with van der Waals surface area (Å²) in [6.07, 6.45) is 5.06. The van der Waals surface area contributed by atoms with E-state index in [-0.39, 0.29) is 18.0 Å². The zero-order valence-electron chi connectivity index (χ0n) is 19.8. The van der Waals surface area contributed by atoms with Gasteiger partial charge in [0.1, 0.15) is 6.29 Å². The summed E-state index contributed by atoms with van der Waals surface area (Å²) in [5.41, 5.74) is 7.87. The molecule has 2 aromatic rings. The Labute approximate surface area is 199 Å². The van der Waals surface area contributed by atoms with Crippen LogP contribution in [0.5, 0.6) is 0 Å². The van der Waals surface area contributed by atoms with Gasteiger partial charge in [0.2, 0.25) is 0 Å². The number of likely N-dealkylation sites (N-methyl/N-ethyl adjacent to an activating group) is 1. The summed E-state index contributed by atoms with van der Waals surface area (Å²) in [6, 6.07) is 5.24. The second kappa shape index (κ2) is 11.2. The van der Waals surface area contributed by atoms with Crippen molar-refractivity contribution in [2.24, 2.45) is 5.73 Å². The average molecular weight is 469 g/mol. The van der Waals surface area contributed by atoms with Crippen molar-refractivity contribution in [2.45, 2.75) is 25.9 Å². The van der Waals surface area contributed by atoms with Crippen LogP contribution in [0.2, 0.25) is 0 Å². The van der Waals surface area contributed by atoms with Crippen LogP contribution in [0.15, 0.2) is 36.8 Å². The molecule has 34 heavy (non-hydrogen) atoms. The lowest BCUT2D eigenvalue weighted by molar-refractivity contribution is -0.111. The topological polar surface area (TPSA) is 134 Å². The molecule has 0 aliphatic carbocycles. The summed E-state index contributed by atoms with van der Waals surface area (Å²) in [4.78, 5) is 37.4. The van der Waals surface area contributed by atoms with Crippen LogP contribution in [0.3, 0.4) is 0 Å². The fraction of sp³-hybridized carbons (Fsp3) is 0.417. The maximum absolute atomic E-state index is 13.2. The van der Waals surface area contributed by atoms with Crippen molar-refractivity contribution in [3.05, 3.63) is 53.7 Å². The predicted octanol–water partition coefficient (Wildman–Crippen LogP) is 1.27. The standard InChI is InChI=1S/C24H32N6O4/c1-24(2,16-32)29(3)14-17-11-20(21(12-18(17)15-31)30-7-9-34-10-8-30)28-23(33)19(13-25)22-26-5-4-6-27-22/h4-6,11-13,15,32H,7-10,14,16,25H2,1-3H3,(H,28,33). The molecule has 1 saturated heterocycles. The number of rotatable bonds is 9. The number of nitrogens with one attached hydrogen (secondary N) is 1. The molecular weight excluding hydrogens is 436 g/mol. The van der Waals surface area contributed by atoms with Gasteiger partial charge in [-0.3, -0.25) is 14.5 Å². The molecule has 3 rings (SSSR count). The van der Waals surface area contributed by atoms with Crippen LogP contribution in [0.25, 0.3) is 5.57 Å². The minimum atomic E-state index is -0.494. The summed E-state index contributed by atoms with van der Waals surface area (Å²) in [5, 5.41) is 12.7. The quantitative estimate of drug-likeness (QED) is 0.367. The molecule has 1 amide bonds. The summed E-state index contributed by atoms with van der Waals surface area (Å²) in [7, 11) is 1.88. The Morgan fingerprint density at radius 1 is 1.29 bits per heavy atom. The molecular formula is C24H32N6O4. The Bertz CT molecular complexity index is 1040. The van der Waals surface area contributed by atoms with E-state index in [4.69, 9.17) is 10.5 Å². The van der Waals surface area contributed by atoms with Crippen molar-refractivity contribution in [3.8, 4) is 0 Å². The number of aromatic nitrogens is 2. The van der Waals surface area contributed by atoms with Crippen LogP contribution < -0.4 is 16.0 Å². The minimum Gasteiger partial charge on any atom is -0.404 e. The largest absolute Gasteiger partial charge is 0.404 e. The van der Waals surface area contributed by atoms with Crippen molar-refractivity contribution in [1.82, 2.24) is 14.9 Å². The third-order valence-corrected chi connectivity index (χ3v) is 6.03. The molecule has 4 N–H and O–H groups in total. The van der Waals surface area contributed by atoms with Crippen LogP contribution in [-0.2, 0) is 16.1 Å². The number of morpholine rings is 1. The van der Waals surface area contributed by atoms with Crippen LogP contribution in [0, 0.1) is 0 Å². The summed E-state index contributed by atoms with van der Waals surface area (Å²) >= 11 is 0. The number of nitrogens with two attached hydrogens (primary N) is 1. The van der Waals surface area contributed by atoms with Gasteiger partial charge in [-0.1, -0.05) is 0 Å². The second-order valence-electron chi connectivity index (χ2n) is 8.72. The van der Waals surface area contributed by atoms with Gasteiger partial charge in [0.05, 0.1) is 36.8 Å². The van der Waals surface area contributed by atoms with E-state index in [1.54, 1.807) is 18.2 Å². The molecule has 0 radical (unpaired) electrons. The number of aliphatic hydroxyl groups excluding tert-OH is 1. The van der Waals surface area contributed by atoms with E-state index in [9.17, 15) is 14.7 Å². The number of hydrogen-bond acceptors (Lipinski definition) is 9. The highest BCUT2D eigenvalue weighted by Crippen LogP contribution is 2.32. The van der Waals surface area contributed by atoms with Gasteiger partial charge in [0.15, 0.2) is 5.82 Å². The first kappa shape index (κ1) is 25.3. The fourth-order valence-electron chi connectivity index (χ4n) is 3.53. The Balaban J connectivity index is 2.01. The fourth-order valence-corrected chi connectivity index (χ4v) is 3.53. The average Bonchev–Trinajstić information content (AvgIpc) is 2.85. The van der Waals surface area contributed by atoms with E-state index in [2.05, 4.69) is 20.2 Å². The Morgan fingerprint density at radius 2 is 1.97 bits per heavy atom. The van der Waals surface area contributed by atoms with Crippen molar-refractivity contribution < 1.29 is 19.4 Å². The second-order valence-corrected chi connectivity index (χ2v) is 8.72. The van der Waals surface area contributed by atoms with E-state index in [0.29, 0.717) is 44.1 Å². The number of amides is 1. The number of ether oxygens (including phenoxy) is 1. The van der Waals surface area contributed by atoms with Gasteiger partial charge in [-0.05, 0) is 44.7 Å². The SMILES string of the molecule is CN(Cc1cc(NC(=O)C(=CN)c2ncccn2)c(N2CCOCC2)cc1C=O)C(C)(C)CO. The Morgan fingerprint density at radius 3 is 2.56 bits per heavy atom. The molecule has 182 valence electrons. The first-order valence-corrected chi connectivity index (χ1v) is 11.1. The van der Waals surface area contributed by atoms with Crippen molar-refractivity contribution in [3.63, 3.8) is 0 Å². The number of benzene rings is 1. The van der Waals surface area contributed by atoms with Gasteiger partial charge in [0.25, 0.3) is 5.91 Å². The van der Waals surface area contributed by atoms with Gasteiger partial charge < -0.3 is 25.8 Å². The van der Waals surface area contributed by atoms with E-state index < -0.39 is 11.4 Å². The first-order valence-electron chi connectivity index (χ1n) is 11.1. The highest BCUT2D eigenvalue weighted by molar-refractivity contribution is 6.24. The first-order chi connectivity index (χ1) is 16.3. The molecule has 1 aromatic heterocycles. The van der Waals surface area contributed by atoms with Gasteiger partial charge in [0, 0.05) is 49.3 Å². The zero-order valence-corrected chi connectivity index (χ0v) is 19.8. The molecule has 0 spiro atoms. The molecule has 2 heterocycles. The number of anilines is 2. The number of carbonyl (C=O) groups excluding carboxylic acids is 2. The van der Waals surface area contributed by atoms with E-state index in [1.165, 1.54) is 18.6 Å². The molecule has 1 aromatic carbocycles. The van der Waals surface area contributed by atoms with Gasteiger partial charge in [-0.15, -0.1) is 0 Å². The molecule has 10 nitrogen and oxygen atoms in total. The van der Waals surface area contributed by atoms with Gasteiger partial charge in [-0.25, -0.2) is 9.97 Å². The summed E-state index contributed by atoms with van der Waals surface area (Å²) in [5.74, 6) is -0.248. The van der Waals surface area contributed by atoms with Gasteiger partial charge >= 0.3 is 0 Å². The third kappa shape index (κ3) is 5.77. The number of hydrogen-bond donors (Lipinski definition) is 3. The maximum atomic E-state index is 13.2. The van der Waals surface area contributed by atoms with E-state index in [0.717, 1.165) is 17.5 Å². The highest BCUT2D eigenvalue weighted by Gasteiger charge is 2.25. The molecule has 1 aliphatic rings. The monoisotopic (exact) mass is 468 g/mol. The molecule has 0 atom stereocenters. The van der Waals surface area contributed by atoms with Crippen LogP contribution >= 0.6 is 0 Å². The normalized spacial score (nSPS) is 14.9. The van der Waals surface area contributed by atoms with Crippen molar-refractivity contribution in [1.29, 1.82) is 0 Å². The van der Waals surface area contributed by atoms with Crippen LogP contribution in [-0.4, -0.2) is 77.7 Å². The lowest BCUT2D eigenvalue weighted by atomic mass is 10.00. The minimum absolute atomic E-state index is 0.0445. The molecule has 10 heteroatoms. The molecule has 1 aliphatic heterocycles. The van der Waals surface area contributed by atoms with Gasteiger partial charge in [-0.2, -0.15) is 0 Å². The van der Waals surface area contributed by atoms with Crippen molar-refractivity contribution in [2.75, 3.05) is 50.2 Å². The molecule has 1 fully saturated rings. The molecule has 0 unspecified atom stereocenters. The Kier molecular flexibility index (Phi) is 8.32. The van der Waals surface area contributed by atoms with E-state index in [1.807, 2.05) is 25.8 Å². The lowest BCUT2D eigenvalue weighted by Crippen LogP contribution is -2.43. The van der Waals surface area contributed by atoms with E-state index >= 15 is 0 Å². The number of carbonyl (C=O) groups is 2. The zero-order chi connectivity index (χ0) is 24.7. The smallest absolute Gasteiger partial charge is 0.261 e. The number of aliphatic hydroxyl groups is 1. The summed E-state index contributed by atoms with van der Waals surface area (Å²) in [6.45, 7) is 6.52. The van der Waals surface area contributed by atoms with Crippen LogP contribution in [0.1, 0.15) is 35.6 Å². The lowest BCUT2D eigenvalue weighted by Gasteiger charge is -2.35. The number of aldehydes is 1. The maximum Gasteiger partial charge on any atom is 0.261 e. The van der Waals surface area contributed by atoms with Crippen LogP contribution in [0.4, 0.5) is 11.4 Å². The van der Waals surface area contributed by atoms with Crippen molar-refractivity contribution >= 4 is 29.1 Å². The summed E-state index contributed by atoms with van der Waals surface area (Å²) < 4.78 is 5.47. The predicted molar refractivity (Wildman–Crippen MR) is 130 cm³/mol. The third-order valence-electron chi connectivity index (χ3n) is 6.03.